The number of hydrogen-bond donors (Lipinski definition) is 1. The Hall–Kier alpha value is -3.90. The monoisotopic (exact) mass is 537 g/mol. The van der Waals surface area contributed by atoms with Crippen LogP contribution in [0, 0.1) is 6.92 Å². The second-order valence-electron chi connectivity index (χ2n) is 9.88. The fraction of sp³-hybridized carbons (Fsp3) is 0.480. The van der Waals surface area contributed by atoms with E-state index in [4.69, 9.17) is 4.74 Å². The van der Waals surface area contributed by atoms with Gasteiger partial charge in [0, 0.05) is 38.9 Å². The molecule has 1 saturated heterocycles. The first kappa shape index (κ1) is 28.7. The quantitative estimate of drug-likeness (QED) is 0.595. The maximum absolute atomic E-state index is 13.2. The van der Waals surface area contributed by atoms with E-state index in [9.17, 15) is 32.7 Å². The SMILES string of the molecule is Cc1nc(N2CCN(C(=O)OC(C)(C)C)CC2)ncc1C(=O)N(CC(=O)O)Cc1cccc(C(F)(F)F)c1. The lowest BCUT2D eigenvalue weighted by Gasteiger charge is -2.35. The van der Waals surface area contributed by atoms with Gasteiger partial charge in [-0.3, -0.25) is 9.59 Å². The zero-order valence-electron chi connectivity index (χ0n) is 21.6. The van der Waals surface area contributed by atoms with Crippen LogP contribution in [-0.4, -0.2) is 81.2 Å². The molecule has 0 radical (unpaired) electrons. The summed E-state index contributed by atoms with van der Waals surface area (Å²) in [6.45, 7) is 7.53. The highest BCUT2D eigenvalue weighted by atomic mass is 19.4. The predicted octanol–water partition coefficient (Wildman–Crippen LogP) is 3.59. The number of hydrogen-bond acceptors (Lipinski definition) is 7. The first-order chi connectivity index (χ1) is 17.6. The molecule has 1 aromatic carbocycles. The lowest BCUT2D eigenvalue weighted by Crippen LogP contribution is -2.50. The molecule has 0 aliphatic carbocycles. The summed E-state index contributed by atoms with van der Waals surface area (Å²) in [6.07, 6.45) is -3.70. The number of nitrogens with zero attached hydrogens (tertiary/aromatic N) is 5. The lowest BCUT2D eigenvalue weighted by atomic mass is 10.1. The Kier molecular flexibility index (Phi) is 8.48. The fourth-order valence-corrected chi connectivity index (χ4v) is 3.83. The molecule has 0 saturated carbocycles. The van der Waals surface area contributed by atoms with Crippen molar-refractivity contribution in [1.29, 1.82) is 0 Å². The number of anilines is 1. The van der Waals surface area contributed by atoms with Crippen molar-refractivity contribution in [1.82, 2.24) is 19.8 Å². The summed E-state index contributed by atoms with van der Waals surface area (Å²) in [5, 5.41) is 9.30. The van der Waals surface area contributed by atoms with Gasteiger partial charge < -0.3 is 24.5 Å². The highest BCUT2D eigenvalue weighted by Crippen LogP contribution is 2.30. The van der Waals surface area contributed by atoms with Gasteiger partial charge in [0.15, 0.2) is 0 Å². The van der Waals surface area contributed by atoms with E-state index in [0.717, 1.165) is 17.0 Å². The molecular weight excluding hydrogens is 507 g/mol. The van der Waals surface area contributed by atoms with Gasteiger partial charge in [0.25, 0.3) is 5.91 Å². The average Bonchev–Trinajstić information content (AvgIpc) is 2.81. The van der Waals surface area contributed by atoms with Crippen LogP contribution in [0.1, 0.15) is 48.0 Å². The molecule has 1 fully saturated rings. The molecule has 2 amide bonds. The number of amides is 2. The van der Waals surface area contributed by atoms with Crippen LogP contribution in [0.3, 0.4) is 0 Å². The summed E-state index contributed by atoms with van der Waals surface area (Å²) in [4.78, 5) is 49.9. The first-order valence-electron chi connectivity index (χ1n) is 11.9. The molecule has 1 N–H and O–H groups in total. The zero-order valence-corrected chi connectivity index (χ0v) is 21.6. The van der Waals surface area contributed by atoms with Crippen LogP contribution in [0.15, 0.2) is 30.5 Å². The minimum atomic E-state index is -4.57. The molecule has 13 heteroatoms. The number of carbonyl (C=O) groups excluding carboxylic acids is 2. The Balaban J connectivity index is 1.73. The molecule has 10 nitrogen and oxygen atoms in total. The van der Waals surface area contributed by atoms with Gasteiger partial charge >= 0.3 is 18.2 Å². The minimum absolute atomic E-state index is 0.0365. The van der Waals surface area contributed by atoms with Crippen LogP contribution in [0.4, 0.5) is 23.9 Å². The van der Waals surface area contributed by atoms with Gasteiger partial charge in [0.2, 0.25) is 5.95 Å². The second-order valence-corrected chi connectivity index (χ2v) is 9.88. The molecule has 0 unspecified atom stereocenters. The number of rotatable bonds is 6. The molecular formula is C25H30F3N5O5. The molecule has 0 atom stereocenters. The number of aliphatic carboxylic acids is 1. The largest absolute Gasteiger partial charge is 0.480 e. The highest BCUT2D eigenvalue weighted by Gasteiger charge is 2.31. The van der Waals surface area contributed by atoms with Crippen molar-refractivity contribution in [3.63, 3.8) is 0 Å². The molecule has 3 rings (SSSR count). The van der Waals surface area contributed by atoms with E-state index < -0.39 is 41.9 Å². The van der Waals surface area contributed by atoms with Gasteiger partial charge in [-0.1, -0.05) is 12.1 Å². The van der Waals surface area contributed by atoms with Gasteiger partial charge in [0.05, 0.1) is 16.8 Å². The summed E-state index contributed by atoms with van der Waals surface area (Å²) in [6, 6.07) is 4.37. The molecule has 1 aliphatic rings. The molecule has 1 aromatic heterocycles. The maximum atomic E-state index is 13.2. The van der Waals surface area contributed by atoms with E-state index in [2.05, 4.69) is 9.97 Å². The predicted molar refractivity (Wildman–Crippen MR) is 131 cm³/mol. The summed E-state index contributed by atoms with van der Waals surface area (Å²) in [7, 11) is 0. The summed E-state index contributed by atoms with van der Waals surface area (Å²) >= 11 is 0. The average molecular weight is 538 g/mol. The Morgan fingerprint density at radius 2 is 1.76 bits per heavy atom. The summed E-state index contributed by atoms with van der Waals surface area (Å²) < 4.78 is 44.7. The van der Waals surface area contributed by atoms with Crippen molar-refractivity contribution >= 4 is 23.9 Å². The van der Waals surface area contributed by atoms with Crippen molar-refractivity contribution in [2.24, 2.45) is 0 Å². The number of alkyl halides is 3. The van der Waals surface area contributed by atoms with Crippen LogP contribution >= 0.6 is 0 Å². The Labute approximate surface area is 218 Å². The molecule has 2 aromatic rings. The van der Waals surface area contributed by atoms with E-state index in [0.29, 0.717) is 32.1 Å². The Morgan fingerprint density at radius 1 is 1.11 bits per heavy atom. The second kappa shape index (κ2) is 11.2. The number of carboxylic acid groups (broad SMARTS) is 1. The van der Waals surface area contributed by atoms with Crippen LogP contribution in [0.5, 0.6) is 0 Å². The molecule has 0 spiro atoms. The topological polar surface area (TPSA) is 116 Å². The lowest BCUT2D eigenvalue weighted by molar-refractivity contribution is -0.139. The molecule has 38 heavy (non-hydrogen) atoms. The van der Waals surface area contributed by atoms with Gasteiger partial charge in [0.1, 0.15) is 12.1 Å². The van der Waals surface area contributed by atoms with E-state index in [1.165, 1.54) is 18.3 Å². The van der Waals surface area contributed by atoms with Crippen molar-refractivity contribution in [3.05, 3.63) is 52.8 Å². The van der Waals surface area contributed by atoms with E-state index in [1.807, 2.05) is 4.90 Å². The third kappa shape index (κ3) is 7.56. The van der Waals surface area contributed by atoms with Gasteiger partial charge in [-0.2, -0.15) is 13.2 Å². The Bertz CT molecular complexity index is 1190. The molecule has 206 valence electrons. The number of halogens is 3. The van der Waals surface area contributed by atoms with E-state index in [1.54, 1.807) is 32.6 Å². The number of carbonyl (C=O) groups is 3. The molecule has 2 heterocycles. The Morgan fingerprint density at radius 3 is 2.32 bits per heavy atom. The van der Waals surface area contributed by atoms with Crippen molar-refractivity contribution in [2.45, 2.75) is 46.0 Å². The van der Waals surface area contributed by atoms with Crippen molar-refractivity contribution < 1.29 is 37.4 Å². The van der Waals surface area contributed by atoms with Crippen LogP contribution in [-0.2, 0) is 22.3 Å². The van der Waals surface area contributed by atoms with Crippen LogP contribution in [0.2, 0.25) is 0 Å². The molecule has 1 aliphatic heterocycles. The number of piperazine rings is 1. The van der Waals surface area contributed by atoms with Crippen molar-refractivity contribution in [2.75, 3.05) is 37.6 Å². The zero-order chi connectivity index (χ0) is 28.3. The minimum Gasteiger partial charge on any atom is -0.480 e. The molecule has 0 bridgehead atoms. The van der Waals surface area contributed by atoms with Crippen LogP contribution in [0.25, 0.3) is 0 Å². The van der Waals surface area contributed by atoms with Crippen LogP contribution < -0.4 is 4.90 Å². The smallest absolute Gasteiger partial charge is 0.416 e. The number of carboxylic acids is 1. The summed E-state index contributed by atoms with van der Waals surface area (Å²) in [5.41, 5.74) is -1.05. The summed E-state index contributed by atoms with van der Waals surface area (Å²) in [5.74, 6) is -1.70. The maximum Gasteiger partial charge on any atom is 0.416 e. The van der Waals surface area contributed by atoms with E-state index >= 15 is 0 Å². The normalized spacial score (nSPS) is 14.3. The number of aryl methyl sites for hydroxylation is 1. The standard InChI is InChI=1S/C25H30F3N5O5/c1-16-19(13-29-22(30-16)31-8-10-32(11-9-31)23(37)38-24(2,3)4)21(36)33(15-20(34)35)14-17-6-5-7-18(12-17)25(26,27)28/h5-7,12-13H,8-11,14-15H2,1-4H3,(H,34,35). The van der Waals surface area contributed by atoms with Crippen molar-refractivity contribution in [3.8, 4) is 0 Å². The third-order valence-electron chi connectivity index (χ3n) is 5.65. The number of aromatic nitrogens is 2. The number of ether oxygens (including phenoxy) is 1. The highest BCUT2D eigenvalue weighted by molar-refractivity contribution is 5.96. The third-order valence-corrected chi connectivity index (χ3v) is 5.65. The van der Waals surface area contributed by atoms with Gasteiger partial charge in [-0.05, 0) is 45.4 Å². The number of benzene rings is 1. The van der Waals surface area contributed by atoms with Gasteiger partial charge in [-0.25, -0.2) is 14.8 Å². The first-order valence-corrected chi connectivity index (χ1v) is 11.9. The van der Waals surface area contributed by atoms with E-state index in [-0.39, 0.29) is 23.4 Å². The fourth-order valence-electron chi connectivity index (χ4n) is 3.83. The van der Waals surface area contributed by atoms with Gasteiger partial charge in [-0.15, -0.1) is 0 Å².